The summed E-state index contributed by atoms with van der Waals surface area (Å²) in [5, 5.41) is 0. The summed E-state index contributed by atoms with van der Waals surface area (Å²) in [7, 11) is -7.15. The summed E-state index contributed by atoms with van der Waals surface area (Å²) < 4.78 is 62.4. The largest absolute Gasteiger partial charge is 0.454 e. The van der Waals surface area contributed by atoms with Crippen LogP contribution in [-0.2, 0) is 20.0 Å². The van der Waals surface area contributed by atoms with Crippen LogP contribution in [0.2, 0.25) is 0 Å². The first-order chi connectivity index (χ1) is 11.6. The van der Waals surface area contributed by atoms with E-state index in [0.29, 0.717) is 30.4 Å². The zero-order chi connectivity index (χ0) is 18.7. The maximum atomic E-state index is 12.4. The Morgan fingerprint density at radius 1 is 1.12 bits per heavy atom. The van der Waals surface area contributed by atoms with Gasteiger partial charge in [-0.3, -0.25) is 0 Å². The molecule has 8 nitrogen and oxygen atoms in total. The van der Waals surface area contributed by atoms with Crippen LogP contribution in [0.3, 0.4) is 0 Å². The SMILES string of the molecule is CC(C)CCN(CCNS(=O)(=O)c1ccc2c(c1)OCO2)S(C)(=O)=O. The van der Waals surface area contributed by atoms with Gasteiger partial charge < -0.3 is 9.47 Å². The van der Waals surface area contributed by atoms with Gasteiger partial charge in [0.15, 0.2) is 11.5 Å². The standard InChI is InChI=1S/C15H24N2O6S2/c1-12(2)6-8-17(24(3,18)19)9-7-16-25(20,21)13-4-5-14-15(10-13)23-11-22-14/h4-5,10,12,16H,6-9,11H2,1-3H3. The van der Waals surface area contributed by atoms with Gasteiger partial charge in [0.05, 0.1) is 11.2 Å². The van der Waals surface area contributed by atoms with Crippen LogP contribution in [0.5, 0.6) is 11.5 Å². The minimum absolute atomic E-state index is 0.0120. The van der Waals surface area contributed by atoms with Crippen molar-refractivity contribution in [1.29, 1.82) is 0 Å². The quantitative estimate of drug-likeness (QED) is 0.673. The Hall–Kier alpha value is -1.36. The Labute approximate surface area is 149 Å². The number of benzene rings is 1. The molecule has 0 radical (unpaired) electrons. The van der Waals surface area contributed by atoms with Gasteiger partial charge in [-0.05, 0) is 24.5 Å². The van der Waals surface area contributed by atoms with E-state index >= 15 is 0 Å². The van der Waals surface area contributed by atoms with Gasteiger partial charge >= 0.3 is 0 Å². The molecule has 142 valence electrons. The molecule has 0 spiro atoms. The highest BCUT2D eigenvalue weighted by atomic mass is 32.2. The molecule has 0 bridgehead atoms. The number of nitrogens with zero attached hydrogens (tertiary/aromatic N) is 1. The molecule has 1 aliphatic rings. The summed E-state index contributed by atoms with van der Waals surface area (Å²) in [5.41, 5.74) is 0. The second-order valence-corrected chi connectivity index (χ2v) is 10.0. The van der Waals surface area contributed by atoms with Gasteiger partial charge in [0.2, 0.25) is 26.8 Å². The fourth-order valence-electron chi connectivity index (χ4n) is 2.28. The fraction of sp³-hybridized carbons (Fsp3) is 0.600. The van der Waals surface area contributed by atoms with Crippen LogP contribution in [0.4, 0.5) is 0 Å². The van der Waals surface area contributed by atoms with E-state index in [1.54, 1.807) is 0 Å². The summed E-state index contributed by atoms with van der Waals surface area (Å²) >= 11 is 0. The molecular weight excluding hydrogens is 368 g/mol. The number of nitrogens with one attached hydrogen (secondary N) is 1. The topological polar surface area (TPSA) is 102 Å². The van der Waals surface area contributed by atoms with Crippen molar-refractivity contribution in [3.63, 3.8) is 0 Å². The van der Waals surface area contributed by atoms with Crippen molar-refractivity contribution in [2.75, 3.05) is 32.7 Å². The van der Waals surface area contributed by atoms with Gasteiger partial charge in [-0.2, -0.15) is 0 Å². The molecule has 0 fully saturated rings. The van der Waals surface area contributed by atoms with Gasteiger partial charge in [-0.1, -0.05) is 13.8 Å². The molecule has 0 saturated carbocycles. The lowest BCUT2D eigenvalue weighted by Crippen LogP contribution is -2.38. The van der Waals surface area contributed by atoms with Crippen molar-refractivity contribution in [1.82, 2.24) is 9.03 Å². The maximum Gasteiger partial charge on any atom is 0.240 e. The van der Waals surface area contributed by atoms with Gasteiger partial charge in [0, 0.05) is 25.7 Å². The zero-order valence-electron chi connectivity index (χ0n) is 14.6. The highest BCUT2D eigenvalue weighted by molar-refractivity contribution is 7.89. The monoisotopic (exact) mass is 392 g/mol. The number of ether oxygens (including phenoxy) is 2. The molecule has 0 aliphatic carbocycles. The van der Waals surface area contributed by atoms with E-state index in [4.69, 9.17) is 9.47 Å². The van der Waals surface area contributed by atoms with E-state index in [1.165, 1.54) is 22.5 Å². The van der Waals surface area contributed by atoms with Crippen LogP contribution in [0.1, 0.15) is 20.3 Å². The first-order valence-corrected chi connectivity index (χ1v) is 11.3. The van der Waals surface area contributed by atoms with Crippen LogP contribution >= 0.6 is 0 Å². The lowest BCUT2D eigenvalue weighted by Gasteiger charge is -2.21. The van der Waals surface area contributed by atoms with Crippen molar-refractivity contribution in [3.8, 4) is 11.5 Å². The van der Waals surface area contributed by atoms with E-state index in [9.17, 15) is 16.8 Å². The molecule has 1 aromatic carbocycles. The minimum Gasteiger partial charge on any atom is -0.454 e. The van der Waals surface area contributed by atoms with E-state index < -0.39 is 20.0 Å². The predicted octanol–water partition coefficient (Wildman–Crippen LogP) is 1.00. The third-order valence-corrected chi connectivity index (χ3v) is 6.49. The summed E-state index contributed by atoms with van der Waals surface area (Å²) in [6, 6.07) is 4.34. The Bertz CT molecular complexity index is 805. The Morgan fingerprint density at radius 3 is 2.44 bits per heavy atom. The van der Waals surface area contributed by atoms with Crippen molar-refractivity contribution >= 4 is 20.0 Å². The van der Waals surface area contributed by atoms with Crippen LogP contribution < -0.4 is 14.2 Å². The third kappa shape index (κ3) is 5.56. The van der Waals surface area contributed by atoms with Crippen LogP contribution in [-0.4, -0.2) is 53.8 Å². The lowest BCUT2D eigenvalue weighted by molar-refractivity contribution is 0.174. The summed E-state index contributed by atoms with van der Waals surface area (Å²) in [4.78, 5) is 0.0461. The Morgan fingerprint density at radius 2 is 1.80 bits per heavy atom. The lowest BCUT2D eigenvalue weighted by atomic mass is 10.1. The first-order valence-electron chi connectivity index (χ1n) is 7.94. The van der Waals surface area contributed by atoms with E-state index in [-0.39, 0.29) is 24.8 Å². The van der Waals surface area contributed by atoms with Crippen molar-refractivity contribution in [2.24, 2.45) is 5.92 Å². The second-order valence-electron chi connectivity index (χ2n) is 6.26. The van der Waals surface area contributed by atoms with Gasteiger partial charge in [-0.15, -0.1) is 0 Å². The van der Waals surface area contributed by atoms with Crippen molar-refractivity contribution in [3.05, 3.63) is 18.2 Å². The van der Waals surface area contributed by atoms with Crippen molar-refractivity contribution in [2.45, 2.75) is 25.2 Å². The predicted molar refractivity (Wildman–Crippen MR) is 93.6 cm³/mol. The number of hydrogen-bond donors (Lipinski definition) is 1. The van der Waals surface area contributed by atoms with Crippen molar-refractivity contribution < 1.29 is 26.3 Å². The van der Waals surface area contributed by atoms with Crippen LogP contribution in [0.25, 0.3) is 0 Å². The highest BCUT2D eigenvalue weighted by Crippen LogP contribution is 2.33. The summed E-state index contributed by atoms with van der Waals surface area (Å²) in [6.45, 7) is 4.50. The van der Waals surface area contributed by atoms with Crippen LogP contribution in [0.15, 0.2) is 23.1 Å². The molecular formula is C15H24N2O6S2. The highest BCUT2D eigenvalue weighted by Gasteiger charge is 2.21. The van der Waals surface area contributed by atoms with Gasteiger partial charge in [0.1, 0.15) is 0 Å². The number of fused-ring (bicyclic) bond motifs is 1. The molecule has 1 heterocycles. The summed E-state index contributed by atoms with van der Waals surface area (Å²) in [5.74, 6) is 1.23. The molecule has 0 atom stereocenters. The average Bonchev–Trinajstić information content (AvgIpc) is 2.96. The normalized spacial score (nSPS) is 14.4. The molecule has 0 saturated heterocycles. The molecule has 2 rings (SSSR count). The van der Waals surface area contributed by atoms with Gasteiger partial charge in [0.25, 0.3) is 0 Å². The molecule has 0 amide bonds. The van der Waals surface area contributed by atoms with Crippen LogP contribution in [0, 0.1) is 5.92 Å². The minimum atomic E-state index is -3.76. The van der Waals surface area contributed by atoms with E-state index in [1.807, 2.05) is 13.8 Å². The number of hydrogen-bond acceptors (Lipinski definition) is 6. The number of rotatable bonds is 9. The molecule has 0 aromatic heterocycles. The van der Waals surface area contributed by atoms with E-state index in [2.05, 4.69) is 4.72 Å². The summed E-state index contributed by atoms with van der Waals surface area (Å²) in [6.07, 6.45) is 1.83. The maximum absolute atomic E-state index is 12.4. The van der Waals surface area contributed by atoms with E-state index in [0.717, 1.165) is 6.26 Å². The third-order valence-electron chi connectivity index (χ3n) is 3.73. The van der Waals surface area contributed by atoms with Gasteiger partial charge in [-0.25, -0.2) is 25.9 Å². The molecule has 0 unspecified atom stereocenters. The fourth-order valence-corrected chi connectivity index (χ4v) is 4.17. The Balaban J connectivity index is 1.98. The first kappa shape index (κ1) is 20.0. The smallest absolute Gasteiger partial charge is 0.240 e. The second kappa shape index (κ2) is 7.90. The molecule has 1 aromatic rings. The molecule has 1 aliphatic heterocycles. The zero-order valence-corrected chi connectivity index (χ0v) is 16.2. The molecule has 25 heavy (non-hydrogen) atoms. The molecule has 10 heteroatoms. The average molecular weight is 392 g/mol. The molecule has 1 N–H and O–H groups in total. The Kier molecular flexibility index (Phi) is 6.30. The number of sulfonamides is 2.